The van der Waals surface area contributed by atoms with Crippen LogP contribution in [0.25, 0.3) is 10.8 Å². The Morgan fingerprint density at radius 3 is 2.39 bits per heavy atom. The van der Waals surface area contributed by atoms with Crippen molar-refractivity contribution in [2.24, 2.45) is 0 Å². The van der Waals surface area contributed by atoms with Crippen molar-refractivity contribution < 1.29 is 9.59 Å². The van der Waals surface area contributed by atoms with E-state index < -0.39 is 10.8 Å². The Morgan fingerprint density at radius 2 is 1.64 bits per heavy atom. The molecule has 3 aromatic rings. The Hall–Kier alpha value is -2.69. The fourth-order valence-electron chi connectivity index (χ4n) is 6.26. The highest BCUT2D eigenvalue weighted by Crippen LogP contribution is 2.35. The molecule has 5 rings (SSSR count). The van der Waals surface area contributed by atoms with Gasteiger partial charge in [0.15, 0.2) is 0 Å². The van der Waals surface area contributed by atoms with E-state index in [2.05, 4.69) is 72.2 Å². The highest BCUT2D eigenvalue weighted by molar-refractivity contribution is 6.65. The van der Waals surface area contributed by atoms with Gasteiger partial charge in [0, 0.05) is 17.6 Å². The number of carbonyl (C=O) groups is 2. The quantitative estimate of drug-likeness (QED) is 0.341. The first-order valence-electron chi connectivity index (χ1n) is 13.3. The van der Waals surface area contributed by atoms with Gasteiger partial charge in [0.2, 0.25) is 5.24 Å². The van der Waals surface area contributed by atoms with Crippen LogP contribution in [0.3, 0.4) is 0 Å². The highest BCUT2D eigenvalue weighted by Gasteiger charge is 2.41. The molecule has 0 saturated heterocycles. The van der Waals surface area contributed by atoms with Gasteiger partial charge in [-0.15, -0.1) is 0 Å². The summed E-state index contributed by atoms with van der Waals surface area (Å²) in [5, 5.41) is 8.98. The van der Waals surface area contributed by atoms with Gasteiger partial charge < -0.3 is 10.6 Å². The van der Waals surface area contributed by atoms with Crippen molar-refractivity contribution in [2.45, 2.75) is 81.8 Å². The van der Waals surface area contributed by atoms with Crippen molar-refractivity contribution in [1.29, 1.82) is 0 Å². The Balaban J connectivity index is 1.23. The molecule has 0 spiro atoms. The standard InChI is InChI=1S/C31H35ClN2O2/c1-21(27-13-7-9-23-8-2-3-12-28(23)27)33-26-11-6-10-25(20-26)22-14-16-24(17-15-22)29(35)34-31(30(32)36)18-4-5-19-31/h2-3,7-9,12-17,21,25-26,33H,4-6,10-11,18-20H2,1H3,(H,34,35)/t21-,25+,26+/m1/s1. The Labute approximate surface area is 218 Å². The van der Waals surface area contributed by atoms with Crippen LogP contribution in [0, 0.1) is 0 Å². The summed E-state index contributed by atoms with van der Waals surface area (Å²) < 4.78 is 0. The van der Waals surface area contributed by atoms with Gasteiger partial charge in [-0.05, 0) is 90.6 Å². The maximum absolute atomic E-state index is 12.9. The molecule has 2 aliphatic rings. The minimum Gasteiger partial charge on any atom is -0.338 e. The lowest BCUT2D eigenvalue weighted by Gasteiger charge is -2.33. The second-order valence-corrected chi connectivity index (χ2v) is 11.0. The van der Waals surface area contributed by atoms with Crippen LogP contribution in [0.2, 0.25) is 0 Å². The number of hydrogen-bond acceptors (Lipinski definition) is 3. The van der Waals surface area contributed by atoms with E-state index >= 15 is 0 Å². The lowest BCUT2D eigenvalue weighted by atomic mass is 9.80. The molecule has 188 valence electrons. The van der Waals surface area contributed by atoms with Crippen LogP contribution in [-0.4, -0.2) is 22.7 Å². The normalized spacial score (nSPS) is 22.3. The summed E-state index contributed by atoms with van der Waals surface area (Å²) in [6.45, 7) is 2.27. The Bertz CT molecular complexity index is 1230. The molecule has 0 aliphatic heterocycles. The molecule has 2 N–H and O–H groups in total. The van der Waals surface area contributed by atoms with Gasteiger partial charge in [-0.2, -0.15) is 0 Å². The number of halogens is 1. The third-order valence-electron chi connectivity index (χ3n) is 8.28. The largest absolute Gasteiger partial charge is 0.338 e. The minimum absolute atomic E-state index is 0.218. The molecule has 2 aliphatic carbocycles. The van der Waals surface area contributed by atoms with E-state index in [1.165, 1.54) is 34.7 Å². The number of fused-ring (bicyclic) bond motifs is 1. The fourth-order valence-corrected chi connectivity index (χ4v) is 6.50. The van der Waals surface area contributed by atoms with E-state index in [0.29, 0.717) is 30.4 Å². The summed E-state index contributed by atoms with van der Waals surface area (Å²) in [5.74, 6) is 0.253. The van der Waals surface area contributed by atoms with E-state index in [9.17, 15) is 9.59 Å². The van der Waals surface area contributed by atoms with Gasteiger partial charge in [0.25, 0.3) is 5.91 Å². The van der Waals surface area contributed by atoms with E-state index in [-0.39, 0.29) is 11.9 Å². The van der Waals surface area contributed by atoms with Crippen molar-refractivity contribution >= 4 is 33.5 Å². The molecular weight excluding hydrogens is 468 g/mol. The van der Waals surface area contributed by atoms with Crippen molar-refractivity contribution in [3.8, 4) is 0 Å². The molecule has 3 atom stereocenters. The predicted octanol–water partition coefficient (Wildman–Crippen LogP) is 7.02. The van der Waals surface area contributed by atoms with E-state index in [1.54, 1.807) is 0 Å². The van der Waals surface area contributed by atoms with E-state index in [1.807, 2.05) is 12.1 Å². The topological polar surface area (TPSA) is 58.2 Å². The molecule has 1 amide bonds. The van der Waals surface area contributed by atoms with Gasteiger partial charge in [-0.3, -0.25) is 9.59 Å². The molecule has 2 saturated carbocycles. The zero-order valence-electron chi connectivity index (χ0n) is 20.9. The fraction of sp³-hybridized carbons (Fsp3) is 0.419. The predicted molar refractivity (Wildman–Crippen MR) is 146 cm³/mol. The summed E-state index contributed by atoms with van der Waals surface area (Å²) >= 11 is 5.86. The van der Waals surface area contributed by atoms with E-state index in [4.69, 9.17) is 11.6 Å². The molecule has 4 nitrogen and oxygen atoms in total. The van der Waals surface area contributed by atoms with Crippen molar-refractivity contribution in [3.05, 3.63) is 83.4 Å². The smallest absolute Gasteiger partial charge is 0.252 e. The number of nitrogens with one attached hydrogen (secondary N) is 2. The van der Waals surface area contributed by atoms with Crippen LogP contribution < -0.4 is 10.6 Å². The third kappa shape index (κ3) is 5.21. The van der Waals surface area contributed by atoms with Gasteiger partial charge >= 0.3 is 0 Å². The molecule has 0 bridgehead atoms. The van der Waals surface area contributed by atoms with Gasteiger partial charge in [-0.25, -0.2) is 0 Å². The second kappa shape index (κ2) is 10.7. The average Bonchev–Trinajstić information content (AvgIpc) is 3.38. The van der Waals surface area contributed by atoms with Crippen LogP contribution in [0.5, 0.6) is 0 Å². The molecule has 36 heavy (non-hydrogen) atoms. The lowest BCUT2D eigenvalue weighted by molar-refractivity contribution is -0.117. The Kier molecular flexibility index (Phi) is 7.45. The van der Waals surface area contributed by atoms with Crippen LogP contribution in [0.4, 0.5) is 0 Å². The summed E-state index contributed by atoms with van der Waals surface area (Å²) in [5.41, 5.74) is 2.30. The number of amides is 1. The highest BCUT2D eigenvalue weighted by atomic mass is 35.5. The molecule has 0 aromatic heterocycles. The molecular formula is C31H35ClN2O2. The van der Waals surface area contributed by atoms with Crippen LogP contribution in [0.1, 0.15) is 91.7 Å². The zero-order chi connectivity index (χ0) is 25.1. The van der Waals surface area contributed by atoms with Gasteiger partial charge in [0.1, 0.15) is 5.54 Å². The van der Waals surface area contributed by atoms with Gasteiger partial charge in [-0.1, -0.05) is 73.9 Å². The van der Waals surface area contributed by atoms with E-state index in [0.717, 1.165) is 25.7 Å². The Morgan fingerprint density at radius 1 is 0.917 bits per heavy atom. The minimum atomic E-state index is -0.902. The van der Waals surface area contributed by atoms with Crippen LogP contribution >= 0.6 is 11.6 Å². The number of hydrogen-bond donors (Lipinski definition) is 2. The molecule has 2 fully saturated rings. The number of carbonyl (C=O) groups excluding carboxylic acids is 2. The second-order valence-electron chi connectivity index (χ2n) is 10.7. The summed E-state index contributed by atoms with van der Waals surface area (Å²) in [6.07, 6.45) is 7.68. The maximum Gasteiger partial charge on any atom is 0.252 e. The molecule has 5 heteroatoms. The maximum atomic E-state index is 12.9. The third-order valence-corrected chi connectivity index (χ3v) is 8.64. The SMILES string of the molecule is C[C@@H](N[C@H]1CCC[C@H](c2ccc(C(=O)NC3(C(=O)Cl)CCCC3)cc2)C1)c1cccc2ccccc12. The summed E-state index contributed by atoms with van der Waals surface area (Å²) in [7, 11) is 0. The first-order valence-corrected chi connectivity index (χ1v) is 13.7. The number of benzene rings is 3. The van der Waals surface area contributed by atoms with Crippen molar-refractivity contribution in [3.63, 3.8) is 0 Å². The monoisotopic (exact) mass is 502 g/mol. The molecule has 0 unspecified atom stereocenters. The van der Waals surface area contributed by atoms with Gasteiger partial charge in [0.05, 0.1) is 0 Å². The van der Waals surface area contributed by atoms with Crippen molar-refractivity contribution in [2.75, 3.05) is 0 Å². The van der Waals surface area contributed by atoms with Crippen molar-refractivity contribution in [1.82, 2.24) is 10.6 Å². The molecule has 0 heterocycles. The summed E-state index contributed by atoms with van der Waals surface area (Å²) in [4.78, 5) is 24.9. The lowest BCUT2D eigenvalue weighted by Crippen LogP contribution is -2.50. The first-order chi connectivity index (χ1) is 17.4. The summed E-state index contributed by atoms with van der Waals surface area (Å²) in [6, 6.07) is 23.8. The molecule has 3 aromatic carbocycles. The first kappa shape index (κ1) is 25.0. The van der Waals surface area contributed by atoms with Crippen LogP contribution in [-0.2, 0) is 4.79 Å². The zero-order valence-corrected chi connectivity index (χ0v) is 21.7. The molecule has 0 radical (unpaired) electrons. The average molecular weight is 503 g/mol. The van der Waals surface area contributed by atoms with Crippen LogP contribution in [0.15, 0.2) is 66.7 Å². The number of rotatable bonds is 7.